The van der Waals surface area contributed by atoms with Crippen molar-refractivity contribution in [3.63, 3.8) is 0 Å². The number of benzene rings is 1. The lowest BCUT2D eigenvalue weighted by atomic mass is 10.1. The second kappa shape index (κ2) is 5.66. The Bertz CT molecular complexity index is 363. The van der Waals surface area contributed by atoms with Crippen molar-refractivity contribution in [3.05, 3.63) is 42.2 Å². The molecule has 1 aromatic carbocycles. The van der Waals surface area contributed by atoms with E-state index in [9.17, 15) is 9.50 Å². The van der Waals surface area contributed by atoms with Gasteiger partial charge in [0, 0.05) is 24.3 Å². The van der Waals surface area contributed by atoms with Gasteiger partial charge in [-0.2, -0.15) is 0 Å². The summed E-state index contributed by atoms with van der Waals surface area (Å²) in [5, 5.41) is 9.61. The second-order valence-electron chi connectivity index (χ2n) is 3.68. The highest BCUT2D eigenvalue weighted by Gasteiger charge is 2.16. The minimum Gasteiger partial charge on any atom is -0.389 e. The molecule has 0 aliphatic rings. The SMILES string of the molecule is C=CCN(CC)c1cccc(F)c1[C@H](C)O. The zero-order valence-corrected chi connectivity index (χ0v) is 9.78. The molecule has 88 valence electrons. The Morgan fingerprint density at radius 3 is 2.75 bits per heavy atom. The number of aliphatic hydroxyl groups is 1. The van der Waals surface area contributed by atoms with Gasteiger partial charge in [0.25, 0.3) is 0 Å². The fourth-order valence-electron chi connectivity index (χ4n) is 1.77. The fraction of sp³-hybridized carbons (Fsp3) is 0.385. The van der Waals surface area contributed by atoms with Gasteiger partial charge in [-0.25, -0.2) is 4.39 Å². The normalized spacial score (nSPS) is 12.2. The Morgan fingerprint density at radius 1 is 1.56 bits per heavy atom. The molecule has 0 aromatic heterocycles. The van der Waals surface area contributed by atoms with Gasteiger partial charge in [0.05, 0.1) is 6.10 Å². The Hall–Kier alpha value is -1.35. The average molecular weight is 223 g/mol. The Labute approximate surface area is 96.0 Å². The first-order valence-electron chi connectivity index (χ1n) is 5.44. The molecule has 0 amide bonds. The van der Waals surface area contributed by atoms with Crippen LogP contribution < -0.4 is 4.90 Å². The van der Waals surface area contributed by atoms with Gasteiger partial charge < -0.3 is 10.0 Å². The lowest BCUT2D eigenvalue weighted by molar-refractivity contribution is 0.194. The van der Waals surface area contributed by atoms with Crippen molar-refractivity contribution in [1.82, 2.24) is 0 Å². The van der Waals surface area contributed by atoms with Crippen LogP contribution in [0.2, 0.25) is 0 Å². The largest absolute Gasteiger partial charge is 0.389 e. The summed E-state index contributed by atoms with van der Waals surface area (Å²) in [6, 6.07) is 4.84. The second-order valence-corrected chi connectivity index (χ2v) is 3.68. The molecule has 0 heterocycles. The highest BCUT2D eigenvalue weighted by molar-refractivity contribution is 5.55. The summed E-state index contributed by atoms with van der Waals surface area (Å²) >= 11 is 0. The van der Waals surface area contributed by atoms with Crippen LogP contribution >= 0.6 is 0 Å². The van der Waals surface area contributed by atoms with Gasteiger partial charge in [-0.1, -0.05) is 12.1 Å². The number of likely N-dealkylation sites (N-methyl/N-ethyl adjacent to an activating group) is 1. The zero-order chi connectivity index (χ0) is 12.1. The van der Waals surface area contributed by atoms with Gasteiger partial charge in [0.1, 0.15) is 5.82 Å². The zero-order valence-electron chi connectivity index (χ0n) is 9.78. The van der Waals surface area contributed by atoms with E-state index < -0.39 is 6.10 Å². The maximum Gasteiger partial charge on any atom is 0.131 e. The number of halogens is 1. The average Bonchev–Trinajstić information content (AvgIpc) is 2.25. The van der Waals surface area contributed by atoms with E-state index in [2.05, 4.69) is 6.58 Å². The standard InChI is InChI=1S/C13H18FNO/c1-4-9-15(5-2)12-8-6-7-11(14)13(12)10(3)16/h4,6-8,10,16H,1,5,9H2,2-3H3/t10-/m0/s1. The Morgan fingerprint density at radius 2 is 2.25 bits per heavy atom. The van der Waals surface area contributed by atoms with Gasteiger partial charge in [0.15, 0.2) is 0 Å². The van der Waals surface area contributed by atoms with Crippen LogP contribution in [0.15, 0.2) is 30.9 Å². The third-order valence-electron chi connectivity index (χ3n) is 2.52. The molecule has 1 N–H and O–H groups in total. The number of aliphatic hydroxyl groups excluding tert-OH is 1. The maximum absolute atomic E-state index is 13.6. The molecule has 0 aliphatic heterocycles. The molecule has 16 heavy (non-hydrogen) atoms. The quantitative estimate of drug-likeness (QED) is 0.776. The van der Waals surface area contributed by atoms with Crippen LogP contribution in [-0.2, 0) is 0 Å². The van der Waals surface area contributed by atoms with E-state index in [1.54, 1.807) is 19.1 Å². The topological polar surface area (TPSA) is 23.5 Å². The predicted octanol–water partition coefficient (Wildman–Crippen LogP) is 2.89. The predicted molar refractivity (Wildman–Crippen MR) is 65.1 cm³/mol. The molecule has 1 atom stereocenters. The number of nitrogens with zero attached hydrogens (tertiary/aromatic N) is 1. The molecule has 3 heteroatoms. The molecule has 0 spiro atoms. The van der Waals surface area contributed by atoms with Crippen LogP contribution in [0.4, 0.5) is 10.1 Å². The van der Waals surface area contributed by atoms with Crippen molar-refractivity contribution in [2.24, 2.45) is 0 Å². The summed E-state index contributed by atoms with van der Waals surface area (Å²) in [5.41, 5.74) is 1.09. The number of rotatable bonds is 5. The summed E-state index contributed by atoms with van der Waals surface area (Å²) in [5.74, 6) is -0.366. The van der Waals surface area contributed by atoms with Crippen LogP contribution in [0.3, 0.4) is 0 Å². The van der Waals surface area contributed by atoms with E-state index in [1.807, 2.05) is 17.9 Å². The monoisotopic (exact) mass is 223 g/mol. The number of hydrogen-bond donors (Lipinski definition) is 1. The van der Waals surface area contributed by atoms with Crippen molar-refractivity contribution in [3.8, 4) is 0 Å². The molecule has 0 saturated carbocycles. The molecule has 0 fully saturated rings. The number of anilines is 1. The summed E-state index contributed by atoms with van der Waals surface area (Å²) in [7, 11) is 0. The van der Waals surface area contributed by atoms with Crippen molar-refractivity contribution >= 4 is 5.69 Å². The molecule has 2 nitrogen and oxygen atoms in total. The summed E-state index contributed by atoms with van der Waals surface area (Å²) < 4.78 is 13.6. The maximum atomic E-state index is 13.6. The Kier molecular flexibility index (Phi) is 4.50. The van der Waals surface area contributed by atoms with E-state index in [4.69, 9.17) is 0 Å². The summed E-state index contributed by atoms with van der Waals surface area (Å²) in [4.78, 5) is 1.97. The molecular formula is C13H18FNO. The summed E-state index contributed by atoms with van der Waals surface area (Å²) in [6.07, 6.45) is 0.954. The van der Waals surface area contributed by atoms with Crippen molar-refractivity contribution < 1.29 is 9.50 Å². The first-order valence-corrected chi connectivity index (χ1v) is 5.44. The van der Waals surface area contributed by atoms with Crippen LogP contribution in [0.5, 0.6) is 0 Å². The van der Waals surface area contributed by atoms with Crippen molar-refractivity contribution in [1.29, 1.82) is 0 Å². The van der Waals surface area contributed by atoms with Crippen LogP contribution in [0.1, 0.15) is 25.5 Å². The van der Waals surface area contributed by atoms with Gasteiger partial charge >= 0.3 is 0 Å². The molecule has 1 rings (SSSR count). The summed E-state index contributed by atoms with van der Waals surface area (Å²) in [6.45, 7) is 8.62. The first kappa shape index (κ1) is 12.7. The van der Waals surface area contributed by atoms with Gasteiger partial charge in [-0.3, -0.25) is 0 Å². The highest BCUT2D eigenvalue weighted by atomic mass is 19.1. The van der Waals surface area contributed by atoms with E-state index in [0.717, 1.165) is 12.2 Å². The van der Waals surface area contributed by atoms with E-state index in [-0.39, 0.29) is 5.82 Å². The lowest BCUT2D eigenvalue weighted by Crippen LogP contribution is -2.24. The molecule has 0 unspecified atom stereocenters. The van der Waals surface area contributed by atoms with Crippen LogP contribution in [0.25, 0.3) is 0 Å². The highest BCUT2D eigenvalue weighted by Crippen LogP contribution is 2.28. The molecular weight excluding hydrogens is 205 g/mol. The van der Waals surface area contributed by atoms with E-state index in [1.165, 1.54) is 6.07 Å². The van der Waals surface area contributed by atoms with Gasteiger partial charge in [-0.05, 0) is 26.0 Å². The first-order chi connectivity index (χ1) is 7.61. The van der Waals surface area contributed by atoms with Crippen LogP contribution in [0, 0.1) is 5.82 Å². The molecule has 0 radical (unpaired) electrons. The number of hydrogen-bond acceptors (Lipinski definition) is 2. The lowest BCUT2D eigenvalue weighted by Gasteiger charge is -2.25. The van der Waals surface area contributed by atoms with E-state index >= 15 is 0 Å². The van der Waals surface area contributed by atoms with Crippen molar-refractivity contribution in [2.75, 3.05) is 18.0 Å². The van der Waals surface area contributed by atoms with Crippen LogP contribution in [-0.4, -0.2) is 18.2 Å². The smallest absolute Gasteiger partial charge is 0.131 e. The molecule has 0 saturated heterocycles. The third-order valence-corrected chi connectivity index (χ3v) is 2.52. The molecule has 0 aliphatic carbocycles. The fourth-order valence-corrected chi connectivity index (χ4v) is 1.77. The third kappa shape index (κ3) is 2.61. The molecule has 0 bridgehead atoms. The van der Waals surface area contributed by atoms with Crippen molar-refractivity contribution in [2.45, 2.75) is 20.0 Å². The van der Waals surface area contributed by atoms with E-state index in [0.29, 0.717) is 12.1 Å². The minimum absolute atomic E-state index is 0.353. The van der Waals surface area contributed by atoms with Gasteiger partial charge in [0.2, 0.25) is 0 Å². The van der Waals surface area contributed by atoms with Gasteiger partial charge in [-0.15, -0.1) is 6.58 Å². The Balaban J connectivity index is 3.19. The minimum atomic E-state index is -0.810. The molecule has 1 aromatic rings.